The number of thioether (sulfide) groups is 2. The minimum absolute atomic E-state index is 0.0484. The van der Waals surface area contributed by atoms with Crippen molar-refractivity contribution in [1.82, 2.24) is 41.7 Å². The number of hydrogen-bond acceptors (Lipinski definition) is 23. The number of hydrogen-bond donors (Lipinski definition) is 15. The van der Waals surface area contributed by atoms with Gasteiger partial charge in [0.15, 0.2) is 11.6 Å². The molecular formula is C73H121N9O19S2. The number of nitrogens with one attached hydrogen (secondary N) is 6. The summed E-state index contributed by atoms with van der Waals surface area (Å²) in [5.41, 5.74) is 5.82. The largest absolute Gasteiger partial charge is 0.508 e. The molecule has 0 spiro atoms. The third-order valence-electron chi connectivity index (χ3n) is 20.1. The van der Waals surface area contributed by atoms with Crippen LogP contribution in [0.5, 0.6) is 5.75 Å². The number of unbranched alkanes of at least 4 members (excludes halogenated alkanes) is 5. The van der Waals surface area contributed by atoms with Gasteiger partial charge in [0.1, 0.15) is 48.2 Å². The first-order valence-corrected chi connectivity index (χ1v) is 39.8. The third-order valence-corrected chi connectivity index (χ3v) is 21.4. The van der Waals surface area contributed by atoms with Crippen LogP contribution in [0.2, 0.25) is 0 Å². The predicted molar refractivity (Wildman–Crippen MR) is 391 cm³/mol. The number of phenols is 1. The number of aldehydes is 1. The van der Waals surface area contributed by atoms with Crippen LogP contribution in [-0.2, 0) is 52.7 Å². The Bertz CT molecular complexity index is 2860. The van der Waals surface area contributed by atoms with E-state index in [0.717, 1.165) is 54.7 Å². The van der Waals surface area contributed by atoms with Crippen LogP contribution in [-0.4, -0.2) is 245 Å². The SMILES string of the molecule is CC[C@H](C)C[C@H](C)CCCCCCCCC(=O)C[C@H]1C[C@@H](O)[C@@H](NCCN)NC(=O)[C@@H]2[C@@H](O)CCN2C(=O)[C@H]([C@H](O)CCNC(=O)[C@H](CCSC)CC(=O)[C@H](CC(C)C)NC(=O)[C@@H](CC=O)CCSC)NC(=O)[C@H]([C@H](O)[C@@H](O)c2ccc(O)cc2)CC(=O)[C@@H]2C[C@@H](O)CN2C(=O)[C@H]([C@@H](C)O)NC1=O. The minimum Gasteiger partial charge on any atom is -0.508 e. The fourth-order valence-electron chi connectivity index (χ4n) is 13.8. The van der Waals surface area contributed by atoms with Crippen LogP contribution in [0.4, 0.5) is 0 Å². The molecule has 0 aliphatic carbocycles. The van der Waals surface area contributed by atoms with Crippen molar-refractivity contribution >= 4 is 88.5 Å². The molecule has 0 radical (unpaired) electrons. The maximum Gasteiger partial charge on any atom is 0.248 e. The molecule has 0 saturated carbocycles. The molecule has 103 heavy (non-hydrogen) atoms. The Balaban J connectivity index is 1.79. The molecule has 1 aromatic rings. The van der Waals surface area contributed by atoms with Gasteiger partial charge in [-0.2, -0.15) is 23.5 Å². The molecule has 28 nitrogen and oxygen atoms in total. The number of amides is 7. The van der Waals surface area contributed by atoms with E-state index >= 15 is 9.59 Å². The lowest BCUT2D eigenvalue weighted by Crippen LogP contribution is -2.63. The molecule has 4 rings (SSSR count). The first kappa shape index (κ1) is 89.7. The van der Waals surface area contributed by atoms with Gasteiger partial charge in [0.05, 0.1) is 54.6 Å². The standard InChI is InChI=1S/C73H121N9O19S2/c1-9-43(4)35-44(5)16-14-12-10-11-13-15-17-51(86)36-49-38-60(92)66(75-29-27-74)80-71(99)63-57(89)23-30-81(63)73(101)62(56(88)22-28-76-67(95)48(26-33-103-8)37-58(90)54(34-42(2)3)77-68(96)47(24-31-83)25-32-102-7)79-70(98)53(65(94)64(93)46-18-20-50(85)21-19-46)40-59(91)55-39-52(87)41-82(55)72(100)61(45(6)84)78-69(49)97/h18-21,31,42-45,47-49,52-57,60-66,75,84-85,87-89,92-94H,9-17,22-30,32-41,74H2,1-8H3,(H,76,95)(H,77,96)(H,78,97)(H,79,98)(H,80,99)/t43-,44+,45+,47-,48+,49-,52+,53-,54-,55-,56+,57-,60+,61-,62-,63-,64-,65-,66-/m0/s1. The van der Waals surface area contributed by atoms with E-state index in [2.05, 4.69) is 52.7 Å². The lowest BCUT2D eigenvalue weighted by atomic mass is 9.86. The molecule has 0 aromatic heterocycles. The summed E-state index contributed by atoms with van der Waals surface area (Å²) in [6, 6.07) is -3.78. The summed E-state index contributed by atoms with van der Waals surface area (Å²) >= 11 is 2.90. The normalized spacial score (nSPS) is 25.3. The lowest BCUT2D eigenvalue weighted by molar-refractivity contribution is -0.149. The fraction of sp³-hybridized carbons (Fsp3) is 0.767. The summed E-state index contributed by atoms with van der Waals surface area (Å²) in [4.78, 5) is 159. The van der Waals surface area contributed by atoms with Crippen molar-refractivity contribution in [2.75, 3.05) is 56.7 Å². The van der Waals surface area contributed by atoms with Gasteiger partial charge in [-0.1, -0.05) is 91.7 Å². The number of Topliss-reactive ketones (excluding diaryl/α,β-unsaturated/α-hetero) is 3. The molecule has 3 aliphatic heterocycles. The van der Waals surface area contributed by atoms with Gasteiger partial charge in [-0.3, -0.25) is 53.3 Å². The second kappa shape index (κ2) is 46.4. The Morgan fingerprint density at radius 2 is 1.35 bits per heavy atom. The van der Waals surface area contributed by atoms with Crippen LogP contribution in [0.15, 0.2) is 24.3 Å². The summed E-state index contributed by atoms with van der Waals surface area (Å²) < 4.78 is 0. The molecule has 3 saturated heterocycles. The maximum absolute atomic E-state index is 15.4. The number of benzene rings is 1. The molecule has 3 heterocycles. The Kier molecular flexibility index (Phi) is 40.4. The maximum atomic E-state index is 15.4. The number of nitrogens with two attached hydrogens (primary N) is 1. The zero-order chi connectivity index (χ0) is 76.6. The van der Waals surface area contributed by atoms with E-state index in [1.165, 1.54) is 61.1 Å². The number of rotatable bonds is 41. The first-order chi connectivity index (χ1) is 48.9. The smallest absolute Gasteiger partial charge is 0.248 e. The second-order valence-electron chi connectivity index (χ2n) is 29.1. The van der Waals surface area contributed by atoms with Gasteiger partial charge in [-0.15, -0.1) is 0 Å². The minimum atomic E-state index is -2.28. The number of nitrogens with zero attached hydrogens (tertiary/aromatic N) is 2. The van der Waals surface area contributed by atoms with E-state index in [9.17, 15) is 84.0 Å². The molecule has 3 aliphatic rings. The highest BCUT2D eigenvalue weighted by atomic mass is 32.2. The topological polar surface area (TPSA) is 454 Å². The number of aromatic hydroxyl groups is 1. The molecule has 3 fully saturated rings. The highest BCUT2D eigenvalue weighted by Gasteiger charge is 2.49. The molecule has 0 unspecified atom stereocenters. The van der Waals surface area contributed by atoms with Crippen molar-refractivity contribution in [3.63, 3.8) is 0 Å². The zero-order valence-electron chi connectivity index (χ0n) is 61.6. The quantitative estimate of drug-likeness (QED) is 0.0328. The van der Waals surface area contributed by atoms with Gasteiger partial charge in [-0.25, -0.2) is 0 Å². The summed E-state index contributed by atoms with van der Waals surface area (Å²) in [5, 5.41) is 109. The van der Waals surface area contributed by atoms with E-state index in [1.807, 2.05) is 20.1 Å². The van der Waals surface area contributed by atoms with Gasteiger partial charge in [0.25, 0.3) is 0 Å². The Labute approximate surface area is 615 Å². The fourth-order valence-corrected chi connectivity index (χ4v) is 14.9. The number of carbonyl (C=O) groups excluding carboxylic acids is 11. The Hall–Kier alpha value is -5.67. The summed E-state index contributed by atoms with van der Waals surface area (Å²) in [6.45, 7) is 10.1. The van der Waals surface area contributed by atoms with Gasteiger partial charge in [-0.05, 0) is 118 Å². The van der Waals surface area contributed by atoms with Crippen molar-refractivity contribution in [1.29, 1.82) is 0 Å². The second-order valence-corrected chi connectivity index (χ2v) is 31.1. The third kappa shape index (κ3) is 29.2. The monoisotopic (exact) mass is 1490 g/mol. The van der Waals surface area contributed by atoms with Gasteiger partial charge in [0.2, 0.25) is 41.4 Å². The number of fused-ring (bicyclic) bond motifs is 2. The average Bonchev–Trinajstić information content (AvgIpc) is 1.74. The number of aliphatic hydroxyl groups excluding tert-OH is 7. The number of phenolic OH excluding ortho intramolecular Hbond substituents is 1. The lowest BCUT2D eigenvalue weighted by Gasteiger charge is -2.35. The number of carbonyl (C=O) groups is 11. The highest BCUT2D eigenvalue weighted by molar-refractivity contribution is 7.98. The van der Waals surface area contributed by atoms with Gasteiger partial charge >= 0.3 is 0 Å². The summed E-state index contributed by atoms with van der Waals surface area (Å²) in [6.07, 6.45) is -4.45. The Morgan fingerprint density at radius 1 is 0.718 bits per heavy atom. The van der Waals surface area contributed by atoms with Crippen molar-refractivity contribution in [2.24, 2.45) is 47.2 Å². The molecule has 1 aromatic carbocycles. The zero-order valence-corrected chi connectivity index (χ0v) is 63.2. The van der Waals surface area contributed by atoms with E-state index in [0.29, 0.717) is 42.5 Å². The summed E-state index contributed by atoms with van der Waals surface area (Å²) in [5.74, 6) is -12.0. The molecule has 30 heteroatoms. The van der Waals surface area contributed by atoms with E-state index in [-0.39, 0.29) is 74.6 Å². The van der Waals surface area contributed by atoms with Crippen LogP contribution < -0.4 is 37.6 Å². The average molecular weight is 1490 g/mol. The van der Waals surface area contributed by atoms with Crippen LogP contribution >= 0.6 is 23.5 Å². The van der Waals surface area contributed by atoms with Crippen molar-refractivity contribution < 1.29 is 93.6 Å². The molecule has 19 atom stereocenters. The van der Waals surface area contributed by atoms with Crippen molar-refractivity contribution in [3.05, 3.63) is 29.8 Å². The number of ketones is 3. The van der Waals surface area contributed by atoms with Crippen molar-refractivity contribution in [3.8, 4) is 5.75 Å². The molecule has 584 valence electrons. The van der Waals surface area contributed by atoms with E-state index < -0.39 is 207 Å². The van der Waals surface area contributed by atoms with Crippen LogP contribution in [0, 0.1) is 41.4 Å². The van der Waals surface area contributed by atoms with E-state index in [4.69, 9.17) is 5.73 Å². The van der Waals surface area contributed by atoms with Crippen LogP contribution in [0.1, 0.15) is 188 Å². The highest BCUT2D eigenvalue weighted by Crippen LogP contribution is 2.32. The Morgan fingerprint density at radius 3 is 1.97 bits per heavy atom. The number of aliphatic hydroxyl groups is 7. The first-order valence-electron chi connectivity index (χ1n) is 37.0. The van der Waals surface area contributed by atoms with Crippen molar-refractivity contribution in [2.45, 2.75) is 255 Å². The van der Waals surface area contributed by atoms with Gasteiger partial charge in [0, 0.05) is 89.0 Å². The molecule has 7 amide bonds. The molecular weight excluding hydrogens is 1370 g/mol. The van der Waals surface area contributed by atoms with E-state index in [1.54, 1.807) is 6.26 Å². The predicted octanol–water partition coefficient (Wildman–Crippen LogP) is 1.84. The van der Waals surface area contributed by atoms with Crippen LogP contribution in [0.25, 0.3) is 0 Å². The molecule has 0 bridgehead atoms. The molecule has 16 N–H and O–H groups in total. The van der Waals surface area contributed by atoms with Crippen LogP contribution in [0.3, 0.4) is 0 Å². The van der Waals surface area contributed by atoms with Gasteiger partial charge < -0.3 is 87.8 Å². The summed E-state index contributed by atoms with van der Waals surface area (Å²) in [7, 11) is 0.